The Labute approximate surface area is 126 Å². The number of nitro groups is 2. The smallest absolute Gasteiger partial charge is 0.358 e. The minimum Gasteiger partial charge on any atom is -0.457 e. The van der Waals surface area contributed by atoms with Gasteiger partial charge in [0.1, 0.15) is 12.2 Å². The van der Waals surface area contributed by atoms with Crippen molar-refractivity contribution in [3.8, 4) is 0 Å². The second-order valence-corrected chi connectivity index (χ2v) is 5.64. The fraction of sp³-hybridized carbons (Fsp3) is 0.222. The number of carbonyl (C=O) groups excluding carboxylic acids is 1. The molecule has 0 aliphatic heterocycles. The summed E-state index contributed by atoms with van der Waals surface area (Å²) >= 11 is 15.7. The molecule has 0 aliphatic carbocycles. The summed E-state index contributed by atoms with van der Waals surface area (Å²) in [6.07, 6.45) is 0. The molecule has 1 aromatic carbocycles. The molecule has 0 bridgehead atoms. The van der Waals surface area contributed by atoms with E-state index < -0.39 is 43.2 Å². The van der Waals surface area contributed by atoms with Gasteiger partial charge in [0.25, 0.3) is 15.2 Å². The fourth-order valence-electron chi connectivity index (χ4n) is 1.27. The van der Waals surface area contributed by atoms with Gasteiger partial charge in [0.15, 0.2) is 0 Å². The molecule has 0 spiro atoms. The monoisotopic (exact) mass is 342 g/mol. The Bertz CT molecular complexity index is 539. The van der Waals surface area contributed by atoms with Crippen LogP contribution in [-0.2, 0) is 16.1 Å². The second kappa shape index (κ2) is 6.21. The van der Waals surface area contributed by atoms with Crippen molar-refractivity contribution in [2.75, 3.05) is 0 Å². The van der Waals surface area contributed by atoms with Crippen LogP contribution in [0.4, 0.5) is 11.4 Å². The highest BCUT2D eigenvalue weighted by Crippen LogP contribution is 2.31. The average molecular weight is 344 g/mol. The lowest BCUT2D eigenvalue weighted by molar-refractivity contribution is -0.396. The van der Waals surface area contributed by atoms with Gasteiger partial charge in [-0.05, 0) is 6.07 Å². The van der Waals surface area contributed by atoms with E-state index in [1.807, 2.05) is 0 Å². The number of ether oxygens (including phenoxy) is 1. The molecule has 0 fully saturated rings. The van der Waals surface area contributed by atoms with Crippen molar-refractivity contribution in [2.45, 2.75) is 10.4 Å². The zero-order valence-electron chi connectivity index (χ0n) is 9.42. The molecule has 1 rings (SSSR count). The summed E-state index contributed by atoms with van der Waals surface area (Å²) in [7, 11) is 0. The molecule has 108 valence electrons. The van der Waals surface area contributed by atoms with Gasteiger partial charge >= 0.3 is 5.97 Å². The van der Waals surface area contributed by atoms with Crippen LogP contribution in [0.1, 0.15) is 5.56 Å². The van der Waals surface area contributed by atoms with Crippen molar-refractivity contribution in [2.24, 2.45) is 0 Å². The predicted octanol–water partition coefficient (Wildman–Crippen LogP) is 2.92. The van der Waals surface area contributed by atoms with Crippen molar-refractivity contribution < 1.29 is 19.4 Å². The van der Waals surface area contributed by atoms with Gasteiger partial charge < -0.3 is 4.74 Å². The van der Waals surface area contributed by atoms with Crippen LogP contribution < -0.4 is 0 Å². The first-order chi connectivity index (χ1) is 9.14. The molecule has 0 radical (unpaired) electrons. The molecule has 0 aromatic heterocycles. The van der Waals surface area contributed by atoms with Crippen LogP contribution in [0.15, 0.2) is 18.2 Å². The predicted molar refractivity (Wildman–Crippen MR) is 69.8 cm³/mol. The molecular weight excluding hydrogens is 338 g/mol. The zero-order chi connectivity index (χ0) is 15.5. The highest BCUT2D eigenvalue weighted by Gasteiger charge is 2.34. The van der Waals surface area contributed by atoms with Crippen molar-refractivity contribution in [1.82, 2.24) is 0 Å². The van der Waals surface area contributed by atoms with Crippen LogP contribution in [0.2, 0.25) is 0 Å². The highest BCUT2D eigenvalue weighted by atomic mass is 35.6. The number of nitro benzene ring substituents is 2. The van der Waals surface area contributed by atoms with Gasteiger partial charge in [-0.25, -0.2) is 4.79 Å². The van der Waals surface area contributed by atoms with E-state index in [0.29, 0.717) is 0 Å². The third-order valence-corrected chi connectivity index (χ3v) is 2.56. The molecule has 0 atom stereocenters. The van der Waals surface area contributed by atoms with Gasteiger partial charge in [0.05, 0.1) is 9.85 Å². The third-order valence-electron chi connectivity index (χ3n) is 2.10. The molecule has 0 aliphatic rings. The summed E-state index contributed by atoms with van der Waals surface area (Å²) in [6.45, 7) is -0.764. The molecule has 0 saturated heterocycles. The maximum Gasteiger partial charge on any atom is 0.358 e. The summed E-state index contributed by atoms with van der Waals surface area (Å²) in [5.41, 5.74) is -1.54. The SMILES string of the molecule is O=C(OCc1c([N+](=O)[O-])cccc1[N+](=O)[O-])C(Cl)(Cl)Cl. The number of halogens is 3. The van der Waals surface area contributed by atoms with Crippen LogP contribution >= 0.6 is 34.8 Å². The largest absolute Gasteiger partial charge is 0.457 e. The van der Waals surface area contributed by atoms with Crippen molar-refractivity contribution in [3.05, 3.63) is 44.0 Å². The topological polar surface area (TPSA) is 113 Å². The number of benzene rings is 1. The lowest BCUT2D eigenvalue weighted by Gasteiger charge is -2.10. The van der Waals surface area contributed by atoms with Crippen LogP contribution in [0.5, 0.6) is 0 Å². The van der Waals surface area contributed by atoms with E-state index in [9.17, 15) is 25.0 Å². The van der Waals surface area contributed by atoms with Gasteiger partial charge in [-0.2, -0.15) is 0 Å². The van der Waals surface area contributed by atoms with Gasteiger partial charge in [-0.15, -0.1) is 0 Å². The Hall–Kier alpha value is -1.64. The minimum absolute atomic E-state index is 0.398. The van der Waals surface area contributed by atoms with E-state index in [4.69, 9.17) is 34.8 Å². The number of alkyl halides is 3. The van der Waals surface area contributed by atoms with E-state index in [-0.39, 0.29) is 0 Å². The zero-order valence-corrected chi connectivity index (χ0v) is 11.7. The Balaban J connectivity index is 3.12. The molecule has 0 saturated carbocycles. The minimum atomic E-state index is -2.38. The van der Waals surface area contributed by atoms with Crippen molar-refractivity contribution >= 4 is 52.1 Å². The van der Waals surface area contributed by atoms with Crippen molar-refractivity contribution in [1.29, 1.82) is 0 Å². The Kier molecular flexibility index (Phi) is 5.09. The van der Waals surface area contributed by atoms with E-state index in [2.05, 4.69) is 4.74 Å². The molecule has 0 amide bonds. The number of rotatable bonds is 4. The van der Waals surface area contributed by atoms with Crippen LogP contribution in [0, 0.1) is 20.2 Å². The average Bonchev–Trinajstić information content (AvgIpc) is 2.33. The van der Waals surface area contributed by atoms with E-state index in [0.717, 1.165) is 18.2 Å². The summed E-state index contributed by atoms with van der Waals surface area (Å²) < 4.78 is 2.15. The van der Waals surface area contributed by atoms with Gasteiger partial charge in [-0.1, -0.05) is 34.8 Å². The number of carbonyl (C=O) groups is 1. The summed E-state index contributed by atoms with van der Waals surface area (Å²) in [6, 6.07) is 3.20. The molecule has 11 heteroatoms. The summed E-state index contributed by atoms with van der Waals surface area (Å²) in [4.78, 5) is 31.2. The number of esters is 1. The fourth-order valence-corrected chi connectivity index (χ4v) is 1.44. The quantitative estimate of drug-likeness (QED) is 0.359. The third kappa shape index (κ3) is 3.92. The van der Waals surface area contributed by atoms with Crippen LogP contribution in [-0.4, -0.2) is 19.6 Å². The standard InChI is InChI=1S/C9H5Cl3N2O6/c10-9(11,12)8(15)20-4-5-6(13(16)17)2-1-3-7(5)14(18)19/h1-3H,4H2. The molecule has 0 N–H and O–H groups in total. The van der Waals surface area contributed by atoms with Gasteiger partial charge in [0.2, 0.25) is 0 Å². The van der Waals surface area contributed by atoms with E-state index >= 15 is 0 Å². The lowest BCUT2D eigenvalue weighted by atomic mass is 10.1. The van der Waals surface area contributed by atoms with Crippen LogP contribution in [0.25, 0.3) is 0 Å². The number of hydrogen-bond acceptors (Lipinski definition) is 6. The summed E-state index contributed by atoms with van der Waals surface area (Å²) in [5.74, 6) is -1.30. The summed E-state index contributed by atoms with van der Waals surface area (Å²) in [5, 5.41) is 21.6. The molecule has 0 heterocycles. The van der Waals surface area contributed by atoms with Gasteiger partial charge in [-0.3, -0.25) is 20.2 Å². The van der Waals surface area contributed by atoms with Gasteiger partial charge in [0, 0.05) is 12.1 Å². The van der Waals surface area contributed by atoms with Crippen molar-refractivity contribution in [3.63, 3.8) is 0 Å². The van der Waals surface area contributed by atoms with Crippen LogP contribution in [0.3, 0.4) is 0 Å². The normalized spacial score (nSPS) is 10.9. The number of nitrogens with zero attached hydrogens (tertiary/aromatic N) is 2. The first-order valence-electron chi connectivity index (χ1n) is 4.79. The first kappa shape index (κ1) is 16.4. The maximum absolute atomic E-state index is 11.2. The van der Waals surface area contributed by atoms with E-state index in [1.54, 1.807) is 0 Å². The Morgan fingerprint density at radius 1 is 1.15 bits per heavy atom. The lowest BCUT2D eigenvalue weighted by Crippen LogP contribution is -2.22. The molecule has 20 heavy (non-hydrogen) atoms. The molecular formula is C9H5Cl3N2O6. The Morgan fingerprint density at radius 3 is 1.95 bits per heavy atom. The Morgan fingerprint density at radius 2 is 1.60 bits per heavy atom. The molecule has 0 unspecified atom stereocenters. The highest BCUT2D eigenvalue weighted by molar-refractivity contribution is 6.75. The van der Waals surface area contributed by atoms with E-state index in [1.165, 1.54) is 0 Å². The molecule has 8 nitrogen and oxygen atoms in total. The maximum atomic E-state index is 11.2. The number of hydrogen-bond donors (Lipinski definition) is 0. The molecule has 1 aromatic rings. The second-order valence-electron chi connectivity index (χ2n) is 3.36. The first-order valence-corrected chi connectivity index (χ1v) is 5.92.